The molecule has 0 radical (unpaired) electrons. The number of rotatable bonds is 4. The Hall–Kier alpha value is -1.78. The van der Waals surface area contributed by atoms with Gasteiger partial charge < -0.3 is 14.8 Å². The molecule has 0 aliphatic carbocycles. The molecular formula is C22H32ClN3O. The van der Waals surface area contributed by atoms with Gasteiger partial charge in [0.15, 0.2) is 0 Å². The molecule has 1 aliphatic heterocycles. The fourth-order valence-corrected chi connectivity index (χ4v) is 3.93. The van der Waals surface area contributed by atoms with Crippen LogP contribution in [0.25, 0.3) is 5.69 Å². The molecule has 3 rings (SSSR count). The van der Waals surface area contributed by atoms with Gasteiger partial charge >= 0.3 is 0 Å². The van der Waals surface area contributed by atoms with Crippen molar-refractivity contribution in [2.75, 3.05) is 20.1 Å². The van der Waals surface area contributed by atoms with E-state index < -0.39 is 0 Å². The van der Waals surface area contributed by atoms with Crippen LogP contribution in [0.4, 0.5) is 0 Å². The summed E-state index contributed by atoms with van der Waals surface area (Å²) in [6.45, 7) is 10.2. The quantitative estimate of drug-likeness (QED) is 0.837. The normalized spacial score (nSPS) is 15.1. The van der Waals surface area contributed by atoms with Gasteiger partial charge in [0.05, 0.1) is 5.56 Å². The first kappa shape index (κ1) is 21.5. The van der Waals surface area contributed by atoms with E-state index in [4.69, 9.17) is 0 Å². The van der Waals surface area contributed by atoms with E-state index in [9.17, 15) is 4.79 Å². The van der Waals surface area contributed by atoms with E-state index in [1.54, 1.807) is 0 Å². The van der Waals surface area contributed by atoms with Crippen LogP contribution in [-0.2, 0) is 0 Å². The average Bonchev–Trinajstić information content (AvgIpc) is 2.95. The second kappa shape index (κ2) is 8.94. The number of piperidine rings is 1. The highest BCUT2D eigenvalue weighted by atomic mass is 35.5. The van der Waals surface area contributed by atoms with Crippen LogP contribution in [0.3, 0.4) is 0 Å². The Balaban J connectivity index is 0.00000261. The molecule has 1 fully saturated rings. The van der Waals surface area contributed by atoms with E-state index in [-0.39, 0.29) is 18.3 Å². The van der Waals surface area contributed by atoms with E-state index in [0.29, 0.717) is 12.0 Å². The zero-order valence-corrected chi connectivity index (χ0v) is 17.9. The monoisotopic (exact) mass is 389 g/mol. The fourth-order valence-electron chi connectivity index (χ4n) is 3.93. The highest BCUT2D eigenvalue weighted by Crippen LogP contribution is 2.25. The number of hydrogen-bond acceptors (Lipinski definition) is 2. The van der Waals surface area contributed by atoms with Crippen LogP contribution in [0.1, 0.15) is 59.9 Å². The summed E-state index contributed by atoms with van der Waals surface area (Å²) in [7, 11) is 2.00. The Morgan fingerprint density at radius 3 is 2.22 bits per heavy atom. The van der Waals surface area contributed by atoms with E-state index >= 15 is 0 Å². The highest BCUT2D eigenvalue weighted by molar-refractivity contribution is 5.96. The minimum absolute atomic E-state index is 0. The summed E-state index contributed by atoms with van der Waals surface area (Å²) in [6.07, 6.45) is 2.05. The van der Waals surface area contributed by atoms with Crippen LogP contribution in [0.5, 0.6) is 0 Å². The second-order valence-corrected chi connectivity index (χ2v) is 7.72. The van der Waals surface area contributed by atoms with Crippen molar-refractivity contribution < 1.29 is 4.79 Å². The Morgan fingerprint density at radius 1 is 1.11 bits per heavy atom. The van der Waals surface area contributed by atoms with Gasteiger partial charge in [-0.1, -0.05) is 26.0 Å². The van der Waals surface area contributed by atoms with Crippen molar-refractivity contribution in [2.45, 2.75) is 52.5 Å². The van der Waals surface area contributed by atoms with Crippen molar-refractivity contribution in [1.29, 1.82) is 0 Å². The Labute approximate surface area is 169 Å². The number of amides is 1. The summed E-state index contributed by atoms with van der Waals surface area (Å²) >= 11 is 0. The molecule has 1 aliphatic rings. The van der Waals surface area contributed by atoms with Gasteiger partial charge in [-0.05, 0) is 63.4 Å². The molecule has 0 saturated carbocycles. The summed E-state index contributed by atoms with van der Waals surface area (Å²) in [5, 5.41) is 3.32. The third-order valence-corrected chi connectivity index (χ3v) is 5.67. The number of aromatic nitrogens is 1. The van der Waals surface area contributed by atoms with Gasteiger partial charge in [-0.3, -0.25) is 4.79 Å². The fraction of sp³-hybridized carbons (Fsp3) is 0.500. The van der Waals surface area contributed by atoms with E-state index in [1.165, 1.54) is 5.56 Å². The minimum atomic E-state index is 0. The van der Waals surface area contributed by atoms with E-state index in [2.05, 4.69) is 61.8 Å². The third-order valence-electron chi connectivity index (χ3n) is 5.67. The van der Waals surface area contributed by atoms with Crippen LogP contribution >= 0.6 is 12.4 Å². The molecular weight excluding hydrogens is 358 g/mol. The van der Waals surface area contributed by atoms with Gasteiger partial charge in [-0.25, -0.2) is 0 Å². The van der Waals surface area contributed by atoms with Gasteiger partial charge in [0.25, 0.3) is 5.91 Å². The molecule has 27 heavy (non-hydrogen) atoms. The molecule has 2 aromatic rings. The van der Waals surface area contributed by atoms with Gasteiger partial charge in [0.1, 0.15) is 0 Å². The number of aryl methyl sites for hydroxylation is 1. The topological polar surface area (TPSA) is 37.3 Å². The molecule has 148 valence electrons. The number of nitrogens with zero attached hydrogens (tertiary/aromatic N) is 2. The lowest BCUT2D eigenvalue weighted by molar-refractivity contribution is 0.0706. The predicted octanol–water partition coefficient (Wildman–Crippen LogP) is 4.46. The first-order valence-electron chi connectivity index (χ1n) is 9.68. The number of hydrogen-bond donors (Lipinski definition) is 1. The highest BCUT2D eigenvalue weighted by Gasteiger charge is 2.25. The molecule has 0 spiro atoms. The summed E-state index contributed by atoms with van der Waals surface area (Å²) in [5.41, 5.74) is 5.42. The van der Waals surface area contributed by atoms with Crippen molar-refractivity contribution in [3.05, 3.63) is 52.8 Å². The number of carbonyl (C=O) groups is 1. The van der Waals surface area contributed by atoms with E-state index in [0.717, 1.165) is 48.6 Å². The Bertz CT molecular complexity index is 772. The van der Waals surface area contributed by atoms with Crippen molar-refractivity contribution >= 4 is 18.3 Å². The molecule has 0 unspecified atom stereocenters. The van der Waals surface area contributed by atoms with Crippen LogP contribution in [0.2, 0.25) is 0 Å². The van der Waals surface area contributed by atoms with Crippen LogP contribution in [0, 0.1) is 13.8 Å². The Kier molecular flexibility index (Phi) is 7.12. The lowest BCUT2D eigenvalue weighted by atomic mass is 10.0. The lowest BCUT2D eigenvalue weighted by Crippen LogP contribution is -2.44. The zero-order chi connectivity index (χ0) is 18.8. The Morgan fingerprint density at radius 2 is 1.70 bits per heavy atom. The van der Waals surface area contributed by atoms with Crippen molar-refractivity contribution in [3.63, 3.8) is 0 Å². The number of nitrogens with one attached hydrogen (secondary N) is 1. The van der Waals surface area contributed by atoms with Crippen molar-refractivity contribution in [3.8, 4) is 5.69 Å². The SMILES string of the molecule is CNC1CCN(C(=O)c2cc(C)n(-c3ccc(C(C)C)cc3)c2C)CC1.Cl. The maximum absolute atomic E-state index is 13.0. The van der Waals surface area contributed by atoms with Crippen molar-refractivity contribution in [1.82, 2.24) is 14.8 Å². The molecule has 1 aromatic carbocycles. The number of halogens is 1. The summed E-state index contributed by atoms with van der Waals surface area (Å²) in [6, 6.07) is 11.2. The molecule has 5 heteroatoms. The van der Waals surface area contributed by atoms with Gasteiger partial charge in [0.2, 0.25) is 0 Å². The largest absolute Gasteiger partial charge is 0.338 e. The van der Waals surface area contributed by atoms with Gasteiger partial charge in [-0.2, -0.15) is 0 Å². The van der Waals surface area contributed by atoms with E-state index in [1.807, 2.05) is 18.0 Å². The summed E-state index contributed by atoms with van der Waals surface area (Å²) in [5.74, 6) is 0.686. The van der Waals surface area contributed by atoms with Crippen LogP contribution in [0.15, 0.2) is 30.3 Å². The third kappa shape index (κ3) is 4.39. The van der Waals surface area contributed by atoms with Crippen molar-refractivity contribution in [2.24, 2.45) is 0 Å². The zero-order valence-electron chi connectivity index (χ0n) is 17.1. The van der Waals surface area contributed by atoms with Gasteiger partial charge in [-0.15, -0.1) is 12.4 Å². The minimum Gasteiger partial charge on any atom is -0.338 e. The molecule has 2 heterocycles. The average molecular weight is 390 g/mol. The van der Waals surface area contributed by atoms with Gasteiger partial charge in [0, 0.05) is 36.2 Å². The molecule has 4 nitrogen and oxygen atoms in total. The molecule has 1 aromatic heterocycles. The lowest BCUT2D eigenvalue weighted by Gasteiger charge is -2.31. The second-order valence-electron chi connectivity index (χ2n) is 7.72. The number of carbonyl (C=O) groups excluding carboxylic acids is 1. The summed E-state index contributed by atoms with van der Waals surface area (Å²) in [4.78, 5) is 15.0. The predicted molar refractivity (Wildman–Crippen MR) is 115 cm³/mol. The molecule has 1 N–H and O–H groups in total. The number of benzene rings is 1. The maximum Gasteiger partial charge on any atom is 0.255 e. The molecule has 1 amide bonds. The first-order valence-corrected chi connectivity index (χ1v) is 9.68. The maximum atomic E-state index is 13.0. The van der Waals surface area contributed by atoms with Crippen LogP contribution in [-0.4, -0.2) is 41.6 Å². The molecule has 0 atom stereocenters. The van der Waals surface area contributed by atoms with Crippen LogP contribution < -0.4 is 5.32 Å². The smallest absolute Gasteiger partial charge is 0.255 e. The first-order chi connectivity index (χ1) is 12.4. The molecule has 0 bridgehead atoms. The summed E-state index contributed by atoms with van der Waals surface area (Å²) < 4.78 is 2.19. The molecule has 1 saturated heterocycles. The number of likely N-dealkylation sites (tertiary alicyclic amines) is 1. The standard InChI is InChI=1S/C22H31N3O.ClH/c1-15(2)18-6-8-20(9-7-18)25-16(3)14-21(17(25)4)22(26)24-12-10-19(23-5)11-13-24;/h6-9,14-15,19,23H,10-13H2,1-5H3;1H.